The Kier molecular flexibility index (Phi) is 5.88. The van der Waals surface area contributed by atoms with Crippen LogP contribution < -0.4 is 10.1 Å². The molecule has 1 N–H and O–H groups in total. The van der Waals surface area contributed by atoms with Gasteiger partial charge in [-0.05, 0) is 62.1 Å². The predicted molar refractivity (Wildman–Crippen MR) is 118 cm³/mol. The number of rotatable bonds is 6. The number of methoxy groups -OCH3 is 1. The molecule has 1 atom stereocenters. The lowest BCUT2D eigenvalue weighted by Crippen LogP contribution is -2.31. The first-order chi connectivity index (χ1) is 14.9. The van der Waals surface area contributed by atoms with Crippen molar-refractivity contribution in [1.29, 1.82) is 0 Å². The Morgan fingerprint density at radius 3 is 2.71 bits per heavy atom. The van der Waals surface area contributed by atoms with Gasteiger partial charge in [-0.1, -0.05) is 6.07 Å². The Morgan fingerprint density at radius 1 is 1.13 bits per heavy atom. The fraction of sp³-hybridized carbons (Fsp3) is 0.318. The van der Waals surface area contributed by atoms with Gasteiger partial charge in [-0.2, -0.15) is 4.31 Å². The molecule has 31 heavy (non-hydrogen) atoms. The van der Waals surface area contributed by atoms with Crippen LogP contribution in [0.15, 0.2) is 53.8 Å². The molecule has 0 aliphatic carbocycles. The highest BCUT2D eigenvalue weighted by Gasteiger charge is 2.38. The van der Waals surface area contributed by atoms with Crippen LogP contribution >= 0.6 is 0 Å². The van der Waals surface area contributed by atoms with Gasteiger partial charge in [0.25, 0.3) is 0 Å². The fourth-order valence-electron chi connectivity index (χ4n) is 3.88. The third kappa shape index (κ3) is 4.24. The zero-order valence-electron chi connectivity index (χ0n) is 17.7. The van der Waals surface area contributed by atoms with Crippen LogP contribution in [0.5, 0.6) is 5.75 Å². The van der Waals surface area contributed by atoms with Gasteiger partial charge in [0.05, 0.1) is 36.1 Å². The predicted octanol–water partition coefficient (Wildman–Crippen LogP) is 3.77. The van der Waals surface area contributed by atoms with Crippen molar-refractivity contribution < 1.29 is 13.2 Å². The van der Waals surface area contributed by atoms with Gasteiger partial charge in [0.1, 0.15) is 17.4 Å². The first-order valence-electron chi connectivity index (χ1n) is 10.1. The molecule has 0 unspecified atom stereocenters. The molecule has 1 fully saturated rings. The van der Waals surface area contributed by atoms with Crippen LogP contribution in [0.4, 0.5) is 11.6 Å². The Hall–Kier alpha value is -3.04. The summed E-state index contributed by atoms with van der Waals surface area (Å²) in [6.45, 7) is 4.07. The topological polar surface area (TPSA) is 97.3 Å². The summed E-state index contributed by atoms with van der Waals surface area (Å²) in [6, 6.07) is 8.61. The molecule has 2 aromatic heterocycles. The maximum absolute atomic E-state index is 13.6. The number of pyridine rings is 1. The number of anilines is 2. The van der Waals surface area contributed by atoms with Crippen molar-refractivity contribution in [3.8, 4) is 5.75 Å². The van der Waals surface area contributed by atoms with E-state index in [1.54, 1.807) is 44.8 Å². The van der Waals surface area contributed by atoms with Gasteiger partial charge in [-0.15, -0.1) is 0 Å². The van der Waals surface area contributed by atoms with Gasteiger partial charge in [0.15, 0.2) is 0 Å². The summed E-state index contributed by atoms with van der Waals surface area (Å²) in [5.41, 5.74) is 2.05. The molecule has 1 aliphatic rings. The van der Waals surface area contributed by atoms with Crippen LogP contribution in [0.3, 0.4) is 0 Å². The maximum atomic E-state index is 13.6. The highest BCUT2D eigenvalue weighted by Crippen LogP contribution is 2.37. The van der Waals surface area contributed by atoms with Crippen molar-refractivity contribution in [1.82, 2.24) is 19.3 Å². The van der Waals surface area contributed by atoms with Crippen molar-refractivity contribution in [2.75, 3.05) is 19.0 Å². The number of benzene rings is 1. The Bertz CT molecular complexity index is 1190. The number of hydrogen-bond acceptors (Lipinski definition) is 7. The average Bonchev–Trinajstić information content (AvgIpc) is 3.27. The summed E-state index contributed by atoms with van der Waals surface area (Å²) in [6.07, 6.45) is 6.37. The van der Waals surface area contributed by atoms with E-state index >= 15 is 0 Å². The van der Waals surface area contributed by atoms with Crippen molar-refractivity contribution in [3.63, 3.8) is 0 Å². The lowest BCUT2D eigenvalue weighted by Gasteiger charge is -2.25. The van der Waals surface area contributed by atoms with Crippen molar-refractivity contribution in [3.05, 3.63) is 65.7 Å². The molecule has 3 aromatic rings. The molecule has 8 nitrogen and oxygen atoms in total. The van der Waals surface area contributed by atoms with E-state index in [1.807, 2.05) is 25.1 Å². The minimum Gasteiger partial charge on any atom is -0.496 e. The van der Waals surface area contributed by atoms with E-state index in [2.05, 4.69) is 20.3 Å². The monoisotopic (exact) mass is 439 g/mol. The molecule has 0 amide bonds. The lowest BCUT2D eigenvalue weighted by molar-refractivity contribution is 0.389. The molecule has 0 spiro atoms. The first kappa shape index (κ1) is 21.2. The zero-order valence-corrected chi connectivity index (χ0v) is 18.6. The van der Waals surface area contributed by atoms with Crippen molar-refractivity contribution in [2.45, 2.75) is 37.6 Å². The third-order valence-electron chi connectivity index (χ3n) is 5.40. The quantitative estimate of drug-likeness (QED) is 0.624. The zero-order chi connectivity index (χ0) is 22.0. The Labute approximate surface area is 182 Å². The van der Waals surface area contributed by atoms with Gasteiger partial charge in [-0.3, -0.25) is 4.98 Å². The van der Waals surface area contributed by atoms with Crippen LogP contribution in [0.1, 0.15) is 35.7 Å². The van der Waals surface area contributed by atoms with E-state index in [-0.39, 0.29) is 6.04 Å². The molecule has 1 aromatic carbocycles. The minimum absolute atomic E-state index is 0.299. The van der Waals surface area contributed by atoms with Crippen LogP contribution in [-0.2, 0) is 10.0 Å². The average molecular weight is 440 g/mol. The molecule has 1 aliphatic heterocycles. The molecule has 3 heterocycles. The van der Waals surface area contributed by atoms with E-state index < -0.39 is 10.0 Å². The molecular formula is C22H25N5O3S. The largest absolute Gasteiger partial charge is 0.496 e. The Balaban J connectivity index is 1.65. The van der Waals surface area contributed by atoms with Gasteiger partial charge >= 0.3 is 0 Å². The van der Waals surface area contributed by atoms with Crippen molar-refractivity contribution in [2.24, 2.45) is 0 Å². The molecule has 0 radical (unpaired) electrons. The molecular weight excluding hydrogens is 414 g/mol. The maximum Gasteiger partial charge on any atom is 0.243 e. The molecule has 1 saturated heterocycles. The standard InChI is InChI=1S/C22H25N5O3S/c1-15-12-20(16(2)11-19(15)30-3)31(28,29)27-10-6-7-18(27)17-13-23-14-22(25-17)26-21-8-4-5-9-24-21/h4-5,8-9,11-14,18H,6-7,10H2,1-3H3,(H,24,25,26)/t18-/m1/s1. The smallest absolute Gasteiger partial charge is 0.243 e. The molecule has 9 heteroatoms. The second-order valence-electron chi connectivity index (χ2n) is 7.53. The van der Waals surface area contributed by atoms with Gasteiger partial charge in [0, 0.05) is 12.7 Å². The highest BCUT2D eigenvalue weighted by molar-refractivity contribution is 7.89. The number of nitrogens with zero attached hydrogens (tertiary/aromatic N) is 4. The fourth-order valence-corrected chi connectivity index (χ4v) is 5.84. The van der Waals surface area contributed by atoms with Crippen molar-refractivity contribution >= 4 is 21.7 Å². The van der Waals surface area contributed by atoms with Gasteiger partial charge < -0.3 is 10.1 Å². The summed E-state index contributed by atoms with van der Waals surface area (Å²) >= 11 is 0. The SMILES string of the molecule is COc1cc(C)c(S(=O)(=O)N2CCC[C@@H]2c2cncc(Nc3ccccn3)n2)cc1C. The number of ether oxygens (including phenoxy) is 1. The third-order valence-corrected chi connectivity index (χ3v) is 7.45. The number of aromatic nitrogens is 3. The highest BCUT2D eigenvalue weighted by atomic mass is 32.2. The van der Waals surface area contributed by atoms with Crippen LogP contribution in [0, 0.1) is 13.8 Å². The van der Waals surface area contributed by atoms with Crippen LogP contribution in [-0.4, -0.2) is 41.3 Å². The first-order valence-corrected chi connectivity index (χ1v) is 11.5. The van der Waals surface area contributed by atoms with Gasteiger partial charge in [0.2, 0.25) is 10.0 Å². The number of sulfonamides is 1. The number of nitrogens with one attached hydrogen (secondary N) is 1. The molecule has 162 valence electrons. The van der Waals surface area contributed by atoms with E-state index in [9.17, 15) is 8.42 Å². The van der Waals surface area contributed by atoms with E-state index in [0.717, 1.165) is 12.0 Å². The summed E-state index contributed by atoms with van der Waals surface area (Å²) in [5, 5.41) is 3.12. The molecule has 0 saturated carbocycles. The summed E-state index contributed by atoms with van der Waals surface area (Å²) < 4.78 is 34.0. The Morgan fingerprint density at radius 2 is 1.97 bits per heavy atom. The minimum atomic E-state index is -3.71. The van der Waals surface area contributed by atoms with E-state index in [1.165, 1.54) is 4.31 Å². The molecule has 4 rings (SSSR count). The number of aryl methyl sites for hydroxylation is 2. The normalized spacial score (nSPS) is 16.9. The van der Waals surface area contributed by atoms with E-state index in [4.69, 9.17) is 4.74 Å². The van der Waals surface area contributed by atoms with Crippen LogP contribution in [0.25, 0.3) is 0 Å². The second-order valence-corrected chi connectivity index (χ2v) is 9.39. The molecule has 0 bridgehead atoms. The number of hydrogen-bond donors (Lipinski definition) is 1. The lowest BCUT2D eigenvalue weighted by atomic mass is 10.1. The van der Waals surface area contributed by atoms with E-state index in [0.29, 0.717) is 46.5 Å². The summed E-state index contributed by atoms with van der Waals surface area (Å²) in [7, 11) is -2.13. The van der Waals surface area contributed by atoms with Crippen LogP contribution in [0.2, 0.25) is 0 Å². The summed E-state index contributed by atoms with van der Waals surface area (Å²) in [5.74, 6) is 1.85. The summed E-state index contributed by atoms with van der Waals surface area (Å²) in [4.78, 5) is 13.4. The van der Waals surface area contributed by atoms with Gasteiger partial charge in [-0.25, -0.2) is 18.4 Å². The second kappa shape index (κ2) is 8.60.